The van der Waals surface area contributed by atoms with E-state index in [1.165, 1.54) is 38.5 Å². The largest absolute Gasteiger partial charge is 0.462 e. The number of rotatable bonds is 3. The molecule has 0 aliphatic heterocycles. The van der Waals surface area contributed by atoms with Crippen LogP contribution in [0.15, 0.2) is 12.2 Å². The van der Waals surface area contributed by atoms with Crippen LogP contribution < -0.4 is 0 Å². The molecule has 4 aliphatic carbocycles. The number of allylic oxidation sites excluding steroid dienone is 1. The Labute approximate surface area is 134 Å². The van der Waals surface area contributed by atoms with Crippen molar-refractivity contribution in [1.82, 2.24) is 0 Å². The highest BCUT2D eigenvalue weighted by Gasteiger charge is 2.49. The van der Waals surface area contributed by atoms with Gasteiger partial charge in [0.25, 0.3) is 0 Å². The molecule has 0 N–H and O–H groups in total. The molecule has 0 saturated heterocycles. The lowest BCUT2D eigenvalue weighted by Crippen LogP contribution is -2.39. The molecule has 2 bridgehead atoms. The van der Waals surface area contributed by atoms with E-state index in [-0.39, 0.29) is 17.5 Å². The molecule has 6 atom stereocenters. The van der Waals surface area contributed by atoms with E-state index >= 15 is 0 Å². The predicted molar refractivity (Wildman–Crippen MR) is 87.3 cm³/mol. The van der Waals surface area contributed by atoms with Gasteiger partial charge in [0, 0.05) is 0 Å². The van der Waals surface area contributed by atoms with Crippen LogP contribution in [-0.2, 0) is 9.53 Å². The average Bonchev–Trinajstić information content (AvgIpc) is 3.16. The van der Waals surface area contributed by atoms with Crippen molar-refractivity contribution in [2.45, 2.75) is 77.2 Å². The van der Waals surface area contributed by atoms with Crippen LogP contribution >= 0.6 is 0 Å². The summed E-state index contributed by atoms with van der Waals surface area (Å²) in [6.07, 6.45) is 16.8. The summed E-state index contributed by atoms with van der Waals surface area (Å²) >= 11 is 0. The van der Waals surface area contributed by atoms with Gasteiger partial charge >= 0.3 is 5.97 Å². The summed E-state index contributed by atoms with van der Waals surface area (Å²) in [6.45, 7) is 2.35. The van der Waals surface area contributed by atoms with Gasteiger partial charge in [0.2, 0.25) is 0 Å². The van der Waals surface area contributed by atoms with E-state index < -0.39 is 0 Å². The maximum absolute atomic E-state index is 12.7. The van der Waals surface area contributed by atoms with Crippen molar-refractivity contribution in [3.8, 4) is 0 Å². The zero-order chi connectivity index (χ0) is 15.2. The normalized spacial score (nSPS) is 46.5. The van der Waals surface area contributed by atoms with Crippen molar-refractivity contribution < 1.29 is 9.53 Å². The minimum Gasteiger partial charge on any atom is -0.462 e. The molecule has 2 heteroatoms. The monoisotopic (exact) mass is 302 g/mol. The highest BCUT2D eigenvalue weighted by atomic mass is 16.5. The number of fused-ring (bicyclic) bond motifs is 3. The van der Waals surface area contributed by atoms with Crippen molar-refractivity contribution in [2.24, 2.45) is 29.1 Å². The Hall–Kier alpha value is -0.790. The van der Waals surface area contributed by atoms with Gasteiger partial charge in [0.1, 0.15) is 6.10 Å². The SMILES string of the molecule is CCC1CCCC2CC(OC(=O)C34C=CC(CC3)C4)CCC12. The standard InChI is InChI=1S/C20H30O2/c1-2-15-4-3-5-16-12-17(6-7-18(15)16)22-19(21)20-10-8-14(13-20)9-11-20/h8,10,14-18H,2-7,9,11-13H2,1H3. The maximum Gasteiger partial charge on any atom is 0.316 e. The van der Waals surface area contributed by atoms with Crippen LogP contribution in [0.25, 0.3) is 0 Å². The quantitative estimate of drug-likeness (QED) is 0.548. The van der Waals surface area contributed by atoms with Gasteiger partial charge in [-0.1, -0.05) is 44.8 Å². The van der Waals surface area contributed by atoms with Crippen LogP contribution in [-0.4, -0.2) is 12.1 Å². The van der Waals surface area contributed by atoms with Crippen molar-refractivity contribution >= 4 is 5.97 Å². The van der Waals surface area contributed by atoms with Gasteiger partial charge in [0.15, 0.2) is 0 Å². The van der Waals surface area contributed by atoms with E-state index in [0.29, 0.717) is 5.92 Å². The molecule has 6 unspecified atom stereocenters. The molecule has 0 radical (unpaired) electrons. The molecular weight excluding hydrogens is 272 g/mol. The van der Waals surface area contributed by atoms with Gasteiger partial charge in [-0.15, -0.1) is 0 Å². The minimum absolute atomic E-state index is 0.0926. The summed E-state index contributed by atoms with van der Waals surface area (Å²) in [7, 11) is 0. The summed E-state index contributed by atoms with van der Waals surface area (Å²) in [6, 6.07) is 0. The molecule has 3 saturated carbocycles. The molecule has 0 heterocycles. The fourth-order valence-corrected chi connectivity index (χ4v) is 5.94. The van der Waals surface area contributed by atoms with Gasteiger partial charge in [-0.2, -0.15) is 0 Å². The fourth-order valence-electron chi connectivity index (χ4n) is 5.94. The number of hydrogen-bond donors (Lipinski definition) is 0. The smallest absolute Gasteiger partial charge is 0.316 e. The highest BCUT2D eigenvalue weighted by molar-refractivity contribution is 5.80. The number of carbonyl (C=O) groups excluding carboxylic acids is 1. The lowest BCUT2D eigenvalue weighted by molar-refractivity contribution is -0.162. The van der Waals surface area contributed by atoms with Crippen molar-refractivity contribution in [2.75, 3.05) is 0 Å². The van der Waals surface area contributed by atoms with Crippen molar-refractivity contribution in [3.63, 3.8) is 0 Å². The van der Waals surface area contributed by atoms with Gasteiger partial charge in [-0.3, -0.25) is 4.79 Å². The third-order valence-corrected chi connectivity index (χ3v) is 7.23. The van der Waals surface area contributed by atoms with Crippen LogP contribution in [0, 0.1) is 29.1 Å². The first kappa shape index (κ1) is 14.8. The molecule has 0 aromatic carbocycles. The summed E-state index contributed by atoms with van der Waals surface area (Å²) in [4.78, 5) is 12.7. The first-order valence-corrected chi connectivity index (χ1v) is 9.60. The molecule has 4 aliphatic rings. The third kappa shape index (κ3) is 2.43. The van der Waals surface area contributed by atoms with Gasteiger partial charge < -0.3 is 4.74 Å². The van der Waals surface area contributed by atoms with Crippen LogP contribution in [0.3, 0.4) is 0 Å². The van der Waals surface area contributed by atoms with Gasteiger partial charge in [-0.25, -0.2) is 0 Å². The zero-order valence-corrected chi connectivity index (χ0v) is 13.9. The van der Waals surface area contributed by atoms with E-state index in [4.69, 9.17) is 4.74 Å². The van der Waals surface area contributed by atoms with Crippen molar-refractivity contribution in [1.29, 1.82) is 0 Å². The first-order valence-electron chi connectivity index (χ1n) is 9.60. The van der Waals surface area contributed by atoms with Crippen LogP contribution in [0.2, 0.25) is 0 Å². The van der Waals surface area contributed by atoms with Gasteiger partial charge in [-0.05, 0) is 62.2 Å². The number of hydrogen-bond acceptors (Lipinski definition) is 2. The Balaban J connectivity index is 1.37. The average molecular weight is 302 g/mol. The third-order valence-electron chi connectivity index (χ3n) is 7.23. The topological polar surface area (TPSA) is 26.3 Å². The molecule has 0 aromatic rings. The minimum atomic E-state index is -0.236. The summed E-state index contributed by atoms with van der Waals surface area (Å²) in [5.41, 5.74) is -0.236. The number of esters is 1. The maximum atomic E-state index is 12.7. The van der Waals surface area contributed by atoms with E-state index in [0.717, 1.165) is 43.4 Å². The highest BCUT2D eigenvalue weighted by Crippen LogP contribution is 2.51. The van der Waals surface area contributed by atoms with Crippen molar-refractivity contribution in [3.05, 3.63) is 12.2 Å². The Bertz CT molecular complexity index is 468. The Kier molecular flexibility index (Phi) is 3.82. The summed E-state index contributed by atoms with van der Waals surface area (Å²) in [5, 5.41) is 0. The molecule has 0 amide bonds. The first-order chi connectivity index (χ1) is 10.7. The molecule has 4 rings (SSSR count). The van der Waals surface area contributed by atoms with E-state index in [2.05, 4.69) is 19.1 Å². The second-order valence-electron chi connectivity index (χ2n) is 8.38. The molecule has 3 fully saturated rings. The molecule has 2 nitrogen and oxygen atoms in total. The van der Waals surface area contributed by atoms with Crippen LogP contribution in [0.5, 0.6) is 0 Å². The molecular formula is C20H30O2. The van der Waals surface area contributed by atoms with Crippen LogP contribution in [0.1, 0.15) is 71.1 Å². The Morgan fingerprint density at radius 2 is 2.14 bits per heavy atom. The van der Waals surface area contributed by atoms with E-state index in [9.17, 15) is 4.79 Å². The second kappa shape index (κ2) is 5.69. The molecule has 0 aromatic heterocycles. The fraction of sp³-hybridized carbons (Fsp3) is 0.850. The zero-order valence-electron chi connectivity index (χ0n) is 13.9. The Morgan fingerprint density at radius 3 is 2.82 bits per heavy atom. The molecule has 0 spiro atoms. The number of ether oxygens (including phenoxy) is 1. The molecule has 22 heavy (non-hydrogen) atoms. The summed E-state index contributed by atoms with van der Waals surface area (Å²) in [5.74, 6) is 3.40. The number of carbonyl (C=O) groups is 1. The molecule has 122 valence electrons. The lowest BCUT2D eigenvalue weighted by Gasteiger charge is -2.43. The van der Waals surface area contributed by atoms with Crippen LogP contribution in [0.4, 0.5) is 0 Å². The predicted octanol–water partition coefficient (Wildman–Crippen LogP) is 4.88. The Morgan fingerprint density at radius 1 is 1.23 bits per heavy atom. The van der Waals surface area contributed by atoms with Gasteiger partial charge in [0.05, 0.1) is 5.41 Å². The lowest BCUT2D eigenvalue weighted by atomic mass is 9.64. The van der Waals surface area contributed by atoms with E-state index in [1.54, 1.807) is 0 Å². The summed E-state index contributed by atoms with van der Waals surface area (Å²) < 4.78 is 6.02. The second-order valence-corrected chi connectivity index (χ2v) is 8.38. The van der Waals surface area contributed by atoms with E-state index in [1.807, 2.05) is 0 Å².